The average Bonchev–Trinajstić information content (AvgIpc) is 2.78. The van der Waals surface area contributed by atoms with Crippen LogP contribution in [0.5, 0.6) is 0 Å². The molecule has 150 valence electrons. The number of nitrogens with one attached hydrogen (secondary N) is 2. The molecule has 0 saturated carbocycles. The minimum atomic E-state index is -0.338. The number of fused-ring (bicyclic) bond motifs is 1. The molecule has 31 heavy (non-hydrogen) atoms. The molecule has 1 heterocycles. The van der Waals surface area contributed by atoms with Crippen LogP contribution in [0.1, 0.15) is 32.0 Å². The summed E-state index contributed by atoms with van der Waals surface area (Å²) in [5.74, 6) is -0.634. The first kappa shape index (κ1) is 19.8. The van der Waals surface area contributed by atoms with Gasteiger partial charge in [0.1, 0.15) is 0 Å². The van der Waals surface area contributed by atoms with Crippen LogP contribution < -0.4 is 10.6 Å². The van der Waals surface area contributed by atoms with Gasteiger partial charge in [0.15, 0.2) is 0 Å². The topological polar surface area (TPSA) is 94.9 Å². The first-order valence-electron chi connectivity index (χ1n) is 9.63. The van der Waals surface area contributed by atoms with E-state index in [-0.39, 0.29) is 11.8 Å². The van der Waals surface area contributed by atoms with Crippen molar-refractivity contribution in [2.75, 3.05) is 10.6 Å². The van der Waals surface area contributed by atoms with Crippen LogP contribution >= 0.6 is 0 Å². The van der Waals surface area contributed by atoms with E-state index < -0.39 is 0 Å². The summed E-state index contributed by atoms with van der Waals surface area (Å²) in [5.41, 5.74) is 3.79. The number of carbonyl (C=O) groups is 2. The third-order valence-electron chi connectivity index (χ3n) is 4.79. The number of aryl methyl sites for hydroxylation is 1. The fourth-order valence-electron chi connectivity index (χ4n) is 3.25. The van der Waals surface area contributed by atoms with Crippen molar-refractivity contribution in [2.45, 2.75) is 6.92 Å². The van der Waals surface area contributed by atoms with Gasteiger partial charge in [0.2, 0.25) is 0 Å². The molecule has 6 heteroatoms. The first-order chi connectivity index (χ1) is 15.0. The second-order valence-electron chi connectivity index (χ2n) is 7.00. The lowest BCUT2D eigenvalue weighted by atomic mass is 10.1. The Morgan fingerprint density at radius 1 is 0.839 bits per heavy atom. The minimum Gasteiger partial charge on any atom is -0.322 e. The van der Waals surface area contributed by atoms with Crippen molar-refractivity contribution in [3.8, 4) is 6.07 Å². The predicted octanol–water partition coefficient (Wildman–Crippen LogP) is 4.92. The van der Waals surface area contributed by atoms with Crippen molar-refractivity contribution in [3.63, 3.8) is 0 Å². The van der Waals surface area contributed by atoms with Crippen molar-refractivity contribution < 1.29 is 9.59 Å². The molecule has 6 nitrogen and oxygen atoms in total. The zero-order valence-corrected chi connectivity index (χ0v) is 16.7. The lowest BCUT2D eigenvalue weighted by Crippen LogP contribution is -2.16. The Kier molecular flexibility index (Phi) is 5.41. The largest absolute Gasteiger partial charge is 0.322 e. The molecule has 1 aromatic heterocycles. The summed E-state index contributed by atoms with van der Waals surface area (Å²) >= 11 is 0. The maximum atomic E-state index is 12.8. The van der Waals surface area contributed by atoms with Crippen LogP contribution in [0.3, 0.4) is 0 Å². The lowest BCUT2D eigenvalue weighted by Gasteiger charge is -2.10. The second-order valence-corrected chi connectivity index (χ2v) is 7.00. The molecular weight excluding hydrogens is 388 g/mol. The normalized spacial score (nSPS) is 10.3. The lowest BCUT2D eigenvalue weighted by molar-refractivity contribution is 0.101. The van der Waals surface area contributed by atoms with E-state index in [1.807, 2.05) is 36.4 Å². The van der Waals surface area contributed by atoms with Crippen LogP contribution in [0.2, 0.25) is 0 Å². The van der Waals surface area contributed by atoms with Crippen LogP contribution in [0.15, 0.2) is 78.9 Å². The number of benzene rings is 3. The number of para-hydroxylation sites is 1. The molecular formula is C25H18N4O2. The smallest absolute Gasteiger partial charge is 0.257 e. The highest BCUT2D eigenvalue weighted by atomic mass is 16.2. The van der Waals surface area contributed by atoms with E-state index in [9.17, 15) is 9.59 Å². The van der Waals surface area contributed by atoms with Gasteiger partial charge in [0, 0.05) is 22.3 Å². The van der Waals surface area contributed by atoms with Crippen LogP contribution in [-0.4, -0.2) is 16.8 Å². The highest BCUT2D eigenvalue weighted by Gasteiger charge is 2.13. The Balaban J connectivity index is 1.53. The van der Waals surface area contributed by atoms with Crippen LogP contribution in [0.4, 0.5) is 11.4 Å². The molecule has 0 aliphatic heterocycles. The van der Waals surface area contributed by atoms with Gasteiger partial charge in [0.05, 0.1) is 28.4 Å². The molecule has 0 atom stereocenters. The number of pyridine rings is 1. The minimum absolute atomic E-state index is 0.296. The average molecular weight is 406 g/mol. The summed E-state index contributed by atoms with van der Waals surface area (Å²) < 4.78 is 0. The van der Waals surface area contributed by atoms with Gasteiger partial charge in [-0.3, -0.25) is 14.6 Å². The van der Waals surface area contributed by atoms with Crippen LogP contribution in [-0.2, 0) is 0 Å². The molecule has 4 rings (SSSR count). The van der Waals surface area contributed by atoms with Crippen molar-refractivity contribution in [1.29, 1.82) is 5.26 Å². The molecule has 0 aliphatic rings. The molecule has 0 bridgehead atoms. The first-order valence-corrected chi connectivity index (χ1v) is 9.63. The molecule has 0 saturated heterocycles. The van der Waals surface area contributed by atoms with E-state index in [2.05, 4.69) is 15.6 Å². The predicted molar refractivity (Wildman–Crippen MR) is 120 cm³/mol. The Hall–Kier alpha value is -4.50. The number of nitriles is 1. The number of rotatable bonds is 4. The van der Waals surface area contributed by atoms with E-state index in [1.165, 1.54) is 0 Å². The molecule has 0 aliphatic carbocycles. The zero-order chi connectivity index (χ0) is 21.8. The fraction of sp³-hybridized carbons (Fsp3) is 0.0400. The maximum absolute atomic E-state index is 12.8. The number of aromatic nitrogens is 1. The van der Waals surface area contributed by atoms with Crippen LogP contribution in [0, 0.1) is 18.3 Å². The van der Waals surface area contributed by atoms with Crippen molar-refractivity contribution >= 4 is 34.1 Å². The molecule has 4 aromatic rings. The Labute approximate surface area is 179 Å². The Bertz CT molecular complexity index is 1360. The number of carbonyl (C=O) groups excluding carboxylic acids is 2. The van der Waals surface area contributed by atoms with Gasteiger partial charge in [-0.25, -0.2) is 0 Å². The summed E-state index contributed by atoms with van der Waals surface area (Å²) in [6.07, 6.45) is 0. The number of amides is 2. The summed E-state index contributed by atoms with van der Waals surface area (Å²) in [4.78, 5) is 29.9. The van der Waals surface area contributed by atoms with Gasteiger partial charge in [-0.15, -0.1) is 0 Å². The Morgan fingerprint density at radius 2 is 1.55 bits per heavy atom. The zero-order valence-electron chi connectivity index (χ0n) is 16.7. The summed E-state index contributed by atoms with van der Waals surface area (Å²) in [7, 11) is 0. The molecule has 0 fully saturated rings. The molecule has 2 N–H and O–H groups in total. The van der Waals surface area contributed by atoms with Gasteiger partial charge < -0.3 is 10.6 Å². The van der Waals surface area contributed by atoms with E-state index in [1.54, 1.807) is 55.5 Å². The number of hydrogen-bond acceptors (Lipinski definition) is 4. The molecule has 2 amide bonds. The standard InChI is InChI=1S/C25H18N4O2/c1-16-22(14-18-7-2-3-11-23(18)27-16)25(31)29-21-10-5-8-19(13-21)24(30)28-20-9-4-6-17(12-20)15-26/h2-14H,1H3,(H,28,30)(H,29,31). The van der Waals surface area contributed by atoms with E-state index >= 15 is 0 Å². The van der Waals surface area contributed by atoms with E-state index in [4.69, 9.17) is 5.26 Å². The van der Waals surface area contributed by atoms with Gasteiger partial charge >= 0.3 is 0 Å². The van der Waals surface area contributed by atoms with Gasteiger partial charge in [-0.2, -0.15) is 5.26 Å². The van der Waals surface area contributed by atoms with Crippen LogP contribution in [0.25, 0.3) is 10.9 Å². The number of anilines is 2. The summed E-state index contributed by atoms with van der Waals surface area (Å²) in [5, 5.41) is 15.5. The van der Waals surface area contributed by atoms with Crippen molar-refractivity contribution in [1.82, 2.24) is 4.98 Å². The third kappa shape index (κ3) is 4.41. The number of hydrogen-bond donors (Lipinski definition) is 2. The molecule has 0 spiro atoms. The van der Waals surface area contributed by atoms with E-state index in [0.717, 1.165) is 10.9 Å². The van der Waals surface area contributed by atoms with Gasteiger partial charge in [-0.1, -0.05) is 30.3 Å². The second kappa shape index (κ2) is 8.47. The highest BCUT2D eigenvalue weighted by Crippen LogP contribution is 2.19. The Morgan fingerprint density at radius 3 is 2.35 bits per heavy atom. The number of nitrogens with zero attached hydrogens (tertiary/aromatic N) is 2. The molecule has 0 unspecified atom stereocenters. The monoisotopic (exact) mass is 406 g/mol. The van der Waals surface area contributed by atoms with Crippen molar-refractivity contribution in [3.05, 3.63) is 101 Å². The highest BCUT2D eigenvalue weighted by molar-refractivity contribution is 6.08. The van der Waals surface area contributed by atoms with Crippen molar-refractivity contribution in [2.24, 2.45) is 0 Å². The quantitative estimate of drug-likeness (QED) is 0.503. The van der Waals surface area contributed by atoms with Gasteiger partial charge in [0.25, 0.3) is 11.8 Å². The third-order valence-corrected chi connectivity index (χ3v) is 4.79. The molecule has 3 aromatic carbocycles. The summed E-state index contributed by atoms with van der Waals surface area (Å²) in [6, 6.07) is 24.8. The molecule has 0 radical (unpaired) electrons. The SMILES string of the molecule is Cc1nc2ccccc2cc1C(=O)Nc1cccc(C(=O)Nc2cccc(C#N)c2)c1. The van der Waals surface area contributed by atoms with E-state index in [0.29, 0.717) is 33.8 Å². The fourth-order valence-corrected chi connectivity index (χ4v) is 3.25. The summed E-state index contributed by atoms with van der Waals surface area (Å²) in [6.45, 7) is 1.79. The maximum Gasteiger partial charge on any atom is 0.257 e. The van der Waals surface area contributed by atoms with Gasteiger partial charge in [-0.05, 0) is 55.5 Å².